The van der Waals surface area contributed by atoms with E-state index in [0.29, 0.717) is 45.7 Å². The highest BCUT2D eigenvalue weighted by molar-refractivity contribution is 6.07. The molecule has 0 unspecified atom stereocenters. The number of phenols is 4. The van der Waals surface area contributed by atoms with Crippen molar-refractivity contribution in [3.8, 4) is 34.5 Å². The molecule has 0 aliphatic carbocycles. The normalized spacial score (nSPS) is 10.9. The molecule has 4 aromatic carbocycles. The summed E-state index contributed by atoms with van der Waals surface area (Å²) < 4.78 is 10.6. The molecule has 4 rings (SSSR count). The molecule has 0 fully saturated rings. The van der Waals surface area contributed by atoms with E-state index >= 15 is 0 Å². The van der Waals surface area contributed by atoms with Crippen LogP contribution in [0.3, 0.4) is 0 Å². The first-order valence-electron chi connectivity index (χ1n) is 14.4. The number of hydrogen-bond donors (Lipinski definition) is 4. The van der Waals surface area contributed by atoms with E-state index in [2.05, 4.69) is 0 Å². The molecule has 0 spiro atoms. The van der Waals surface area contributed by atoms with Gasteiger partial charge in [0.25, 0.3) is 0 Å². The van der Waals surface area contributed by atoms with Crippen molar-refractivity contribution in [2.45, 2.75) is 33.6 Å². The Kier molecular flexibility index (Phi) is 12.0. The number of carbonyl (C=O) groups is 2. The van der Waals surface area contributed by atoms with Crippen LogP contribution in [0.5, 0.6) is 34.5 Å². The molecule has 234 valence electrons. The van der Waals surface area contributed by atoms with Crippen LogP contribution in [0.2, 0.25) is 0 Å². The number of allylic oxidation sites excluding steroid dienone is 2. The number of ether oxygens (including phenoxy) is 2. The highest BCUT2D eigenvalue weighted by atomic mass is 16.5. The van der Waals surface area contributed by atoms with E-state index in [1.165, 1.54) is 61.7 Å². The zero-order valence-electron chi connectivity index (χ0n) is 26.0. The van der Waals surface area contributed by atoms with Gasteiger partial charge in [-0.2, -0.15) is 0 Å². The fraction of sp³-hybridized carbons (Fsp3) is 0.189. The molecule has 4 N–H and O–H groups in total. The molecular formula is C37H38O8. The number of ketones is 2. The number of carbonyl (C=O) groups excluding carboxylic acids is 2. The minimum absolute atomic E-state index is 0.0871. The molecule has 0 aromatic heterocycles. The number of hydrogen-bond acceptors (Lipinski definition) is 8. The highest BCUT2D eigenvalue weighted by Crippen LogP contribution is 2.37. The summed E-state index contributed by atoms with van der Waals surface area (Å²) in [5.41, 5.74) is 4.41. The number of phenolic OH excluding ortho intramolecular Hbond substituents is 4. The molecule has 45 heavy (non-hydrogen) atoms. The van der Waals surface area contributed by atoms with E-state index in [1.54, 1.807) is 44.4 Å². The molecule has 0 bridgehead atoms. The molecule has 0 atom stereocenters. The van der Waals surface area contributed by atoms with E-state index in [4.69, 9.17) is 9.47 Å². The van der Waals surface area contributed by atoms with Crippen LogP contribution < -0.4 is 9.47 Å². The van der Waals surface area contributed by atoms with Gasteiger partial charge in [0.1, 0.15) is 34.5 Å². The Hall–Kier alpha value is -5.50. The highest BCUT2D eigenvalue weighted by Gasteiger charge is 2.16. The lowest BCUT2D eigenvalue weighted by molar-refractivity contribution is 0.103. The Morgan fingerprint density at radius 3 is 1.58 bits per heavy atom. The second kappa shape index (κ2) is 15.8. The van der Waals surface area contributed by atoms with Crippen LogP contribution in [0.1, 0.15) is 62.4 Å². The second-order valence-corrected chi connectivity index (χ2v) is 10.0. The molecule has 0 heterocycles. The molecule has 8 nitrogen and oxygen atoms in total. The molecule has 8 heteroatoms. The number of aromatic hydroxyl groups is 4. The summed E-state index contributed by atoms with van der Waals surface area (Å²) >= 11 is 0. The average Bonchev–Trinajstić information content (AvgIpc) is 3.05. The summed E-state index contributed by atoms with van der Waals surface area (Å²) in [6, 6.07) is 17.4. The van der Waals surface area contributed by atoms with E-state index in [9.17, 15) is 30.0 Å². The summed E-state index contributed by atoms with van der Waals surface area (Å²) in [5.74, 6) is 1.08. The summed E-state index contributed by atoms with van der Waals surface area (Å²) in [5, 5.41) is 39.0. The zero-order valence-corrected chi connectivity index (χ0v) is 26.0. The van der Waals surface area contributed by atoms with E-state index < -0.39 is 0 Å². The molecule has 0 aliphatic heterocycles. The lowest BCUT2D eigenvalue weighted by atomic mass is 9.98. The van der Waals surface area contributed by atoms with Crippen molar-refractivity contribution < 1.29 is 39.5 Å². The molecule has 4 aromatic rings. The van der Waals surface area contributed by atoms with Crippen molar-refractivity contribution in [2.75, 3.05) is 14.2 Å². The minimum atomic E-state index is -0.224. The number of aryl methyl sites for hydroxylation is 3. The number of rotatable bonds is 10. The van der Waals surface area contributed by atoms with Crippen LogP contribution in [-0.2, 0) is 12.8 Å². The first kappa shape index (κ1) is 34.0. The lowest BCUT2D eigenvalue weighted by Crippen LogP contribution is -1.99. The van der Waals surface area contributed by atoms with Gasteiger partial charge < -0.3 is 29.9 Å². The molecule has 0 saturated heterocycles. The van der Waals surface area contributed by atoms with Gasteiger partial charge in [-0.05, 0) is 121 Å². The summed E-state index contributed by atoms with van der Waals surface area (Å²) in [7, 11) is 3.06. The maximum Gasteiger partial charge on any atom is 0.185 e. The van der Waals surface area contributed by atoms with Gasteiger partial charge in [0.2, 0.25) is 0 Å². The molecule has 0 aliphatic rings. The van der Waals surface area contributed by atoms with Gasteiger partial charge in [-0.3, -0.25) is 9.59 Å². The second-order valence-electron chi connectivity index (χ2n) is 10.0. The minimum Gasteiger partial charge on any atom is -0.508 e. The fourth-order valence-corrected chi connectivity index (χ4v) is 4.52. The smallest absolute Gasteiger partial charge is 0.185 e. The lowest BCUT2D eigenvalue weighted by Gasteiger charge is -2.15. The van der Waals surface area contributed by atoms with Gasteiger partial charge in [0, 0.05) is 11.1 Å². The van der Waals surface area contributed by atoms with Crippen LogP contribution in [0.4, 0.5) is 0 Å². The third kappa shape index (κ3) is 8.54. The SMILES string of the molecule is CCc1cc(CC)c(OC)c(C=CC(=O)c2ccc(O)cc2)c1O.COc1ccc(C)c(O)c1C=CC(=O)c1ccc(O)cc1. The van der Waals surface area contributed by atoms with Gasteiger partial charge in [-0.25, -0.2) is 0 Å². The molecule has 0 saturated carbocycles. The molecular weight excluding hydrogens is 572 g/mol. The quantitative estimate of drug-likeness (QED) is 0.108. The van der Waals surface area contributed by atoms with Gasteiger partial charge in [-0.15, -0.1) is 0 Å². The number of benzene rings is 4. The van der Waals surface area contributed by atoms with Crippen LogP contribution in [0, 0.1) is 6.92 Å². The molecule has 0 amide bonds. The summed E-state index contributed by atoms with van der Waals surface area (Å²) in [6.07, 6.45) is 7.34. The Morgan fingerprint density at radius 2 is 1.13 bits per heavy atom. The van der Waals surface area contributed by atoms with Crippen molar-refractivity contribution in [3.63, 3.8) is 0 Å². The van der Waals surface area contributed by atoms with Gasteiger partial charge in [0.15, 0.2) is 11.6 Å². The van der Waals surface area contributed by atoms with Crippen molar-refractivity contribution >= 4 is 23.7 Å². The van der Waals surface area contributed by atoms with Crippen LogP contribution >= 0.6 is 0 Å². The predicted molar refractivity (Wildman–Crippen MR) is 176 cm³/mol. The Balaban J connectivity index is 0.000000248. The first-order valence-corrected chi connectivity index (χ1v) is 14.4. The van der Waals surface area contributed by atoms with Gasteiger partial charge in [0.05, 0.1) is 25.3 Å². The largest absolute Gasteiger partial charge is 0.508 e. The van der Waals surface area contributed by atoms with Crippen LogP contribution in [0.25, 0.3) is 12.2 Å². The fourth-order valence-electron chi connectivity index (χ4n) is 4.52. The monoisotopic (exact) mass is 610 g/mol. The van der Waals surface area contributed by atoms with Gasteiger partial charge >= 0.3 is 0 Å². The van der Waals surface area contributed by atoms with E-state index in [1.807, 2.05) is 19.9 Å². The summed E-state index contributed by atoms with van der Waals surface area (Å²) in [4.78, 5) is 24.3. The first-order chi connectivity index (χ1) is 21.5. The summed E-state index contributed by atoms with van der Waals surface area (Å²) in [6.45, 7) is 5.76. The van der Waals surface area contributed by atoms with Crippen LogP contribution in [0.15, 0.2) is 78.9 Å². The topological polar surface area (TPSA) is 134 Å². The van der Waals surface area contributed by atoms with E-state index in [0.717, 1.165) is 17.5 Å². The maximum atomic E-state index is 12.3. The van der Waals surface area contributed by atoms with Gasteiger partial charge in [-0.1, -0.05) is 19.9 Å². The third-order valence-corrected chi connectivity index (χ3v) is 7.12. The van der Waals surface area contributed by atoms with Crippen molar-refractivity contribution in [2.24, 2.45) is 0 Å². The van der Waals surface area contributed by atoms with Crippen molar-refractivity contribution in [3.05, 3.63) is 118 Å². The molecule has 0 radical (unpaired) electrons. The average molecular weight is 611 g/mol. The third-order valence-electron chi connectivity index (χ3n) is 7.12. The Bertz CT molecular complexity index is 1700. The van der Waals surface area contributed by atoms with Crippen molar-refractivity contribution in [1.29, 1.82) is 0 Å². The predicted octanol–water partition coefficient (Wildman–Crippen LogP) is 7.44. The Morgan fingerprint density at radius 1 is 0.644 bits per heavy atom. The standard InChI is InChI=1S/C20H22O4.C17H16O4/c1-4-13-12-14(5-2)20(24-3)17(19(13)23)10-11-18(22)15-6-8-16(21)9-7-15;1-11-3-10-16(21-2)14(17(11)20)8-9-15(19)12-4-6-13(18)7-5-12/h6-12,21,23H,4-5H2,1-3H3;3-10,18,20H,1-2H3. The number of methoxy groups -OCH3 is 2. The zero-order chi connectivity index (χ0) is 33.1. The van der Waals surface area contributed by atoms with E-state index in [-0.39, 0.29) is 34.6 Å². The van der Waals surface area contributed by atoms with Crippen LogP contribution in [-0.4, -0.2) is 46.2 Å². The van der Waals surface area contributed by atoms with Crippen molar-refractivity contribution in [1.82, 2.24) is 0 Å². The maximum absolute atomic E-state index is 12.3. The Labute approximate surface area is 263 Å².